The van der Waals surface area contributed by atoms with Crippen molar-refractivity contribution in [1.82, 2.24) is 20.0 Å². The molecule has 168 valence electrons. The number of aromatic nitrogens is 4. The molecule has 0 aliphatic rings. The third-order valence-corrected chi connectivity index (χ3v) is 4.78. The van der Waals surface area contributed by atoms with E-state index in [0.29, 0.717) is 22.9 Å². The number of ether oxygens (including phenoxy) is 1. The minimum atomic E-state index is -4.36. The maximum absolute atomic E-state index is 12.4. The summed E-state index contributed by atoms with van der Waals surface area (Å²) in [6, 6.07) is 16.5. The standard InChI is InChI=1S/C21H15F3N6O2S/c22-21(23,24)33-17-8-4-15(5-9-17)27-20(31)26-14-2-6-16(7-3-14)32-19-11-10-18(28-29-19)30-13-1-12-25-30/h1-13H,(H2,26,27,31). The summed E-state index contributed by atoms with van der Waals surface area (Å²) in [5.74, 6) is 1.32. The van der Waals surface area contributed by atoms with E-state index in [1.807, 2.05) is 0 Å². The number of carbonyl (C=O) groups excluding carboxylic acids is 1. The summed E-state index contributed by atoms with van der Waals surface area (Å²) in [4.78, 5) is 12.2. The number of nitrogens with one attached hydrogen (secondary N) is 2. The van der Waals surface area contributed by atoms with E-state index in [4.69, 9.17) is 4.74 Å². The highest BCUT2D eigenvalue weighted by Gasteiger charge is 2.29. The smallest absolute Gasteiger partial charge is 0.438 e. The average Bonchev–Trinajstić information content (AvgIpc) is 3.31. The minimum Gasteiger partial charge on any atom is -0.438 e. The third-order valence-electron chi connectivity index (χ3n) is 4.05. The molecule has 12 heteroatoms. The van der Waals surface area contributed by atoms with Crippen molar-refractivity contribution in [2.45, 2.75) is 10.4 Å². The van der Waals surface area contributed by atoms with Gasteiger partial charge in [-0.25, -0.2) is 9.48 Å². The number of urea groups is 1. The average molecular weight is 472 g/mol. The maximum atomic E-state index is 12.4. The number of thioether (sulfide) groups is 1. The molecule has 0 atom stereocenters. The van der Waals surface area contributed by atoms with Crippen LogP contribution in [0.3, 0.4) is 0 Å². The fourth-order valence-corrected chi connectivity index (χ4v) is 3.19. The Morgan fingerprint density at radius 3 is 2.12 bits per heavy atom. The van der Waals surface area contributed by atoms with Gasteiger partial charge in [-0.3, -0.25) is 0 Å². The first-order chi connectivity index (χ1) is 15.8. The van der Waals surface area contributed by atoms with Crippen LogP contribution >= 0.6 is 11.8 Å². The lowest BCUT2D eigenvalue weighted by atomic mass is 10.3. The highest BCUT2D eigenvalue weighted by Crippen LogP contribution is 2.37. The van der Waals surface area contributed by atoms with Crippen molar-refractivity contribution in [2.75, 3.05) is 10.6 Å². The van der Waals surface area contributed by atoms with Gasteiger partial charge in [-0.2, -0.15) is 18.3 Å². The molecule has 0 saturated carbocycles. The number of halogens is 3. The molecule has 0 aliphatic heterocycles. The van der Waals surface area contributed by atoms with Gasteiger partial charge in [-0.15, -0.1) is 10.2 Å². The van der Waals surface area contributed by atoms with Crippen LogP contribution in [0.15, 0.2) is 84.0 Å². The first-order valence-corrected chi connectivity index (χ1v) is 10.2. The molecule has 2 amide bonds. The Hall–Kier alpha value is -4.06. The van der Waals surface area contributed by atoms with E-state index in [2.05, 4.69) is 25.9 Å². The van der Waals surface area contributed by atoms with Gasteiger partial charge in [-0.1, -0.05) is 0 Å². The molecular formula is C21H15F3N6O2S. The third kappa shape index (κ3) is 6.46. The van der Waals surface area contributed by atoms with E-state index in [-0.39, 0.29) is 22.5 Å². The molecule has 4 rings (SSSR count). The zero-order valence-electron chi connectivity index (χ0n) is 16.7. The van der Waals surface area contributed by atoms with Crippen LogP contribution < -0.4 is 15.4 Å². The topological polar surface area (TPSA) is 94.0 Å². The normalized spacial score (nSPS) is 11.1. The fourth-order valence-electron chi connectivity index (χ4n) is 2.65. The Morgan fingerprint density at radius 1 is 0.909 bits per heavy atom. The van der Waals surface area contributed by atoms with Crippen LogP contribution in [0.1, 0.15) is 0 Å². The quantitative estimate of drug-likeness (QED) is 0.349. The van der Waals surface area contributed by atoms with Gasteiger partial charge in [0, 0.05) is 34.7 Å². The molecule has 2 aromatic heterocycles. The van der Waals surface area contributed by atoms with Crippen molar-refractivity contribution >= 4 is 29.2 Å². The predicted molar refractivity (Wildman–Crippen MR) is 117 cm³/mol. The number of amides is 2. The van der Waals surface area contributed by atoms with Crippen molar-refractivity contribution in [1.29, 1.82) is 0 Å². The molecule has 0 spiro atoms. The molecular weight excluding hydrogens is 457 g/mol. The van der Waals surface area contributed by atoms with E-state index in [9.17, 15) is 18.0 Å². The molecule has 33 heavy (non-hydrogen) atoms. The van der Waals surface area contributed by atoms with Crippen LogP contribution in [-0.2, 0) is 0 Å². The van der Waals surface area contributed by atoms with Gasteiger partial charge < -0.3 is 15.4 Å². The molecule has 0 saturated heterocycles. The molecule has 2 heterocycles. The summed E-state index contributed by atoms with van der Waals surface area (Å²) in [6.07, 6.45) is 3.38. The van der Waals surface area contributed by atoms with Gasteiger partial charge in [0.05, 0.1) is 0 Å². The van der Waals surface area contributed by atoms with Crippen molar-refractivity contribution in [3.05, 3.63) is 79.1 Å². The zero-order chi connectivity index (χ0) is 23.3. The van der Waals surface area contributed by atoms with Crippen molar-refractivity contribution in [2.24, 2.45) is 0 Å². The van der Waals surface area contributed by atoms with Crippen LogP contribution in [0.5, 0.6) is 11.6 Å². The monoisotopic (exact) mass is 472 g/mol. The van der Waals surface area contributed by atoms with Gasteiger partial charge in [0.2, 0.25) is 5.88 Å². The number of hydrogen-bond donors (Lipinski definition) is 2. The van der Waals surface area contributed by atoms with Crippen molar-refractivity contribution in [3.63, 3.8) is 0 Å². The van der Waals surface area contributed by atoms with Crippen LogP contribution in [0.2, 0.25) is 0 Å². The first kappa shape index (κ1) is 22.1. The maximum Gasteiger partial charge on any atom is 0.446 e. The van der Waals surface area contributed by atoms with E-state index in [0.717, 1.165) is 0 Å². The van der Waals surface area contributed by atoms with Crippen LogP contribution in [0, 0.1) is 0 Å². The second-order valence-electron chi connectivity index (χ2n) is 6.46. The Balaban J connectivity index is 1.29. The second-order valence-corrected chi connectivity index (χ2v) is 7.60. The molecule has 0 radical (unpaired) electrons. The minimum absolute atomic E-state index is 0.0322. The zero-order valence-corrected chi connectivity index (χ0v) is 17.5. The molecule has 2 aromatic carbocycles. The first-order valence-electron chi connectivity index (χ1n) is 9.39. The molecule has 0 fully saturated rings. The van der Waals surface area contributed by atoms with E-state index < -0.39 is 11.5 Å². The number of hydrogen-bond acceptors (Lipinski definition) is 6. The number of anilines is 2. The summed E-state index contributed by atoms with van der Waals surface area (Å²) in [6.45, 7) is 0. The van der Waals surface area contributed by atoms with Crippen LogP contribution in [-0.4, -0.2) is 31.5 Å². The van der Waals surface area contributed by atoms with Gasteiger partial charge in [0.15, 0.2) is 5.82 Å². The molecule has 0 bridgehead atoms. The molecule has 4 aromatic rings. The SMILES string of the molecule is O=C(Nc1ccc(Oc2ccc(-n3cccn3)nn2)cc1)Nc1ccc(SC(F)(F)F)cc1. The number of benzene rings is 2. The Labute approximate surface area is 189 Å². The lowest BCUT2D eigenvalue weighted by Crippen LogP contribution is -2.19. The molecule has 8 nitrogen and oxygen atoms in total. The number of nitrogens with zero attached hydrogens (tertiary/aromatic N) is 4. The highest BCUT2D eigenvalue weighted by atomic mass is 32.2. The number of carbonyl (C=O) groups is 1. The summed E-state index contributed by atoms with van der Waals surface area (Å²) in [5, 5.41) is 17.3. The Morgan fingerprint density at radius 2 is 1.58 bits per heavy atom. The van der Waals surface area contributed by atoms with E-state index >= 15 is 0 Å². The largest absolute Gasteiger partial charge is 0.446 e. The van der Waals surface area contributed by atoms with Crippen molar-refractivity contribution < 1.29 is 22.7 Å². The molecule has 2 N–H and O–H groups in total. The van der Waals surface area contributed by atoms with Gasteiger partial charge in [0.1, 0.15) is 5.75 Å². The number of rotatable bonds is 6. The summed E-state index contributed by atoms with van der Waals surface area (Å²) >= 11 is -0.220. The van der Waals surface area contributed by atoms with E-state index in [1.165, 1.54) is 24.3 Å². The summed E-state index contributed by atoms with van der Waals surface area (Å²) in [5.41, 5.74) is -3.52. The van der Waals surface area contributed by atoms with E-state index in [1.54, 1.807) is 59.5 Å². The summed E-state index contributed by atoms with van der Waals surface area (Å²) < 4.78 is 44.3. The Kier molecular flexibility index (Phi) is 6.45. The van der Waals surface area contributed by atoms with Gasteiger partial charge in [0.25, 0.3) is 0 Å². The lowest BCUT2D eigenvalue weighted by Gasteiger charge is -2.10. The van der Waals surface area contributed by atoms with Crippen molar-refractivity contribution in [3.8, 4) is 17.4 Å². The Bertz CT molecular complexity index is 1200. The fraction of sp³-hybridized carbons (Fsp3) is 0.0476. The molecule has 0 unspecified atom stereocenters. The predicted octanol–water partition coefficient (Wildman–Crippen LogP) is 5.71. The second kappa shape index (κ2) is 9.61. The summed E-state index contributed by atoms with van der Waals surface area (Å²) in [7, 11) is 0. The lowest BCUT2D eigenvalue weighted by molar-refractivity contribution is -0.0328. The van der Waals surface area contributed by atoms with Crippen LogP contribution in [0.25, 0.3) is 5.82 Å². The van der Waals surface area contributed by atoms with Gasteiger partial charge >= 0.3 is 11.5 Å². The molecule has 0 aliphatic carbocycles. The van der Waals surface area contributed by atoms with Crippen LogP contribution in [0.4, 0.5) is 29.3 Å². The highest BCUT2D eigenvalue weighted by molar-refractivity contribution is 8.00. The number of alkyl halides is 3. The van der Waals surface area contributed by atoms with Gasteiger partial charge in [-0.05, 0) is 72.4 Å².